The number of rotatable bonds is 7. The fourth-order valence-electron chi connectivity index (χ4n) is 5.48. The van der Waals surface area contributed by atoms with E-state index in [1.54, 1.807) is 6.92 Å². The van der Waals surface area contributed by atoms with E-state index in [2.05, 4.69) is 0 Å². The normalized spacial score (nSPS) is 29.7. The zero-order valence-corrected chi connectivity index (χ0v) is 19.2. The second-order valence-electron chi connectivity index (χ2n) is 10.2. The average Bonchev–Trinajstić information content (AvgIpc) is 3.42. The number of esters is 1. The van der Waals surface area contributed by atoms with Crippen molar-refractivity contribution in [1.29, 1.82) is 0 Å². The molecule has 1 N–H and O–H groups in total. The number of amides is 2. The molecule has 0 radical (unpaired) electrons. The molecule has 4 rings (SSSR count). The number of unbranched alkanes of at least 4 members (excludes halogenated alkanes) is 2. The summed E-state index contributed by atoms with van der Waals surface area (Å²) < 4.78 is 5.91. The third-order valence-electron chi connectivity index (χ3n) is 7.65. The first-order valence-corrected chi connectivity index (χ1v) is 11.4. The van der Waals surface area contributed by atoms with Crippen molar-refractivity contribution in [3.8, 4) is 0 Å². The molecule has 7 heteroatoms. The van der Waals surface area contributed by atoms with Crippen LogP contribution in [0.25, 0.3) is 0 Å². The summed E-state index contributed by atoms with van der Waals surface area (Å²) in [6.45, 7) is 7.79. The molecule has 1 saturated carbocycles. The minimum atomic E-state index is -1.42. The SMILES string of the molecule is CC1=C2C(=CC(C)(C)[C@@H]2OC(=O)CCCCCN2C(=O)C=CC2=O)C(=O)[C@](C)(O)C12CC2. The molecule has 7 nitrogen and oxygen atoms in total. The van der Waals surface area contributed by atoms with Crippen LogP contribution in [0, 0.1) is 10.8 Å². The van der Waals surface area contributed by atoms with Crippen molar-refractivity contribution < 1.29 is 29.0 Å². The summed E-state index contributed by atoms with van der Waals surface area (Å²) in [7, 11) is 0. The molecule has 1 fully saturated rings. The van der Waals surface area contributed by atoms with Gasteiger partial charge in [-0.3, -0.25) is 24.1 Å². The van der Waals surface area contributed by atoms with Gasteiger partial charge in [-0.15, -0.1) is 0 Å². The molecule has 3 aliphatic carbocycles. The minimum absolute atomic E-state index is 0.227. The van der Waals surface area contributed by atoms with E-state index in [0.717, 1.165) is 24.0 Å². The fraction of sp³-hybridized carbons (Fsp3) is 0.600. The second-order valence-corrected chi connectivity index (χ2v) is 10.2. The maximum Gasteiger partial charge on any atom is 0.306 e. The lowest BCUT2D eigenvalue weighted by Crippen LogP contribution is -2.50. The Morgan fingerprint density at radius 3 is 2.31 bits per heavy atom. The highest BCUT2D eigenvalue weighted by Gasteiger charge is 2.66. The van der Waals surface area contributed by atoms with Crippen molar-refractivity contribution in [2.75, 3.05) is 6.54 Å². The summed E-state index contributed by atoms with van der Waals surface area (Å²) in [5.41, 5.74) is -0.282. The summed E-state index contributed by atoms with van der Waals surface area (Å²) in [5, 5.41) is 11.0. The Hall–Kier alpha value is -2.54. The molecule has 4 aliphatic rings. The van der Waals surface area contributed by atoms with E-state index in [1.807, 2.05) is 26.8 Å². The van der Waals surface area contributed by atoms with Crippen molar-refractivity contribution in [1.82, 2.24) is 4.90 Å². The molecule has 172 valence electrons. The van der Waals surface area contributed by atoms with Crippen molar-refractivity contribution in [2.24, 2.45) is 10.8 Å². The van der Waals surface area contributed by atoms with E-state index < -0.39 is 22.5 Å². The number of aliphatic hydroxyl groups is 1. The van der Waals surface area contributed by atoms with E-state index in [9.17, 15) is 24.3 Å². The zero-order valence-electron chi connectivity index (χ0n) is 19.2. The van der Waals surface area contributed by atoms with Crippen LogP contribution in [-0.2, 0) is 23.9 Å². The zero-order chi connectivity index (χ0) is 23.5. The van der Waals surface area contributed by atoms with Gasteiger partial charge in [0.1, 0.15) is 11.7 Å². The first-order valence-electron chi connectivity index (χ1n) is 11.4. The molecule has 1 heterocycles. The van der Waals surface area contributed by atoms with Gasteiger partial charge in [0.2, 0.25) is 0 Å². The van der Waals surface area contributed by atoms with Crippen LogP contribution in [0.4, 0.5) is 0 Å². The van der Waals surface area contributed by atoms with Crippen LogP contribution in [0.2, 0.25) is 0 Å². The maximum absolute atomic E-state index is 13.1. The maximum atomic E-state index is 13.1. The van der Waals surface area contributed by atoms with Crippen LogP contribution in [0.5, 0.6) is 0 Å². The summed E-state index contributed by atoms with van der Waals surface area (Å²) in [4.78, 5) is 50.1. The summed E-state index contributed by atoms with van der Waals surface area (Å²) in [6, 6.07) is 0. The first kappa shape index (κ1) is 22.6. The molecule has 0 aromatic heterocycles. The quantitative estimate of drug-likeness (QED) is 0.370. The number of hydrogen-bond donors (Lipinski definition) is 1. The monoisotopic (exact) mass is 441 g/mol. The van der Waals surface area contributed by atoms with Crippen molar-refractivity contribution in [3.63, 3.8) is 0 Å². The lowest BCUT2D eigenvalue weighted by Gasteiger charge is -2.40. The smallest absolute Gasteiger partial charge is 0.306 e. The van der Waals surface area contributed by atoms with Gasteiger partial charge in [-0.2, -0.15) is 0 Å². The lowest BCUT2D eigenvalue weighted by atomic mass is 9.67. The van der Waals surface area contributed by atoms with E-state index in [1.165, 1.54) is 17.1 Å². The molecule has 32 heavy (non-hydrogen) atoms. The molecule has 0 saturated heterocycles. The van der Waals surface area contributed by atoms with Crippen LogP contribution in [0.3, 0.4) is 0 Å². The van der Waals surface area contributed by atoms with Crippen molar-refractivity contribution >= 4 is 23.6 Å². The molecular formula is C25H31NO6. The molecule has 2 atom stereocenters. The number of carbonyl (C=O) groups excluding carboxylic acids is 4. The third kappa shape index (κ3) is 3.38. The molecule has 0 unspecified atom stereocenters. The molecule has 0 aromatic rings. The van der Waals surface area contributed by atoms with Crippen LogP contribution in [0.15, 0.2) is 34.9 Å². The minimum Gasteiger partial charge on any atom is -0.457 e. The standard InChI is InChI=1S/C25H31NO6/c1-15-20-16(21(30)24(4,31)25(15)11-12-25)14-23(2,3)22(20)32-19(29)8-6-5-7-13-26-17(27)9-10-18(26)28/h9-10,14,22,31H,5-8,11-13H2,1-4H3/t22-,24+/m1/s1. The van der Waals surface area contributed by atoms with Crippen LogP contribution >= 0.6 is 0 Å². The van der Waals surface area contributed by atoms with E-state index in [4.69, 9.17) is 4.74 Å². The van der Waals surface area contributed by atoms with Gasteiger partial charge < -0.3 is 9.84 Å². The highest BCUT2D eigenvalue weighted by atomic mass is 16.5. The van der Waals surface area contributed by atoms with Gasteiger partial charge in [0, 0.05) is 47.1 Å². The Morgan fingerprint density at radius 1 is 1.09 bits per heavy atom. The number of fused-ring (bicyclic) bond motifs is 1. The second kappa shape index (κ2) is 7.51. The molecule has 2 amide bonds. The number of hydrogen-bond acceptors (Lipinski definition) is 6. The number of nitrogens with zero attached hydrogens (tertiary/aromatic N) is 1. The fourth-order valence-corrected chi connectivity index (χ4v) is 5.48. The van der Waals surface area contributed by atoms with Gasteiger partial charge >= 0.3 is 5.97 Å². The van der Waals surface area contributed by atoms with E-state index in [-0.39, 0.29) is 30.0 Å². The number of imide groups is 1. The Bertz CT molecular complexity index is 974. The first-order chi connectivity index (χ1) is 14.9. The van der Waals surface area contributed by atoms with Crippen LogP contribution in [-0.4, -0.2) is 51.8 Å². The Kier molecular flexibility index (Phi) is 5.31. The number of Topliss-reactive ketones (excluding diaryl/α,β-unsaturated/α-hetero) is 1. The molecular weight excluding hydrogens is 410 g/mol. The summed E-state index contributed by atoms with van der Waals surface area (Å²) in [6.07, 6.45) is 7.48. The molecule has 1 aliphatic heterocycles. The van der Waals surface area contributed by atoms with Gasteiger partial charge in [0.05, 0.1) is 0 Å². The third-order valence-corrected chi connectivity index (χ3v) is 7.65. The average molecular weight is 442 g/mol. The highest BCUT2D eigenvalue weighted by molar-refractivity contribution is 6.12. The number of ketones is 1. The number of carbonyl (C=O) groups is 4. The highest BCUT2D eigenvalue weighted by Crippen LogP contribution is 2.65. The van der Waals surface area contributed by atoms with Crippen LogP contribution in [0.1, 0.15) is 66.2 Å². The topological polar surface area (TPSA) is 101 Å². The van der Waals surface area contributed by atoms with Gasteiger partial charge in [-0.25, -0.2) is 0 Å². The predicted molar refractivity (Wildman–Crippen MR) is 116 cm³/mol. The Balaban J connectivity index is 1.37. The van der Waals surface area contributed by atoms with Crippen LogP contribution < -0.4 is 0 Å². The lowest BCUT2D eigenvalue weighted by molar-refractivity contribution is -0.151. The molecule has 1 spiro atoms. The van der Waals surface area contributed by atoms with Gasteiger partial charge in [-0.05, 0) is 39.5 Å². The summed E-state index contributed by atoms with van der Waals surface area (Å²) in [5.74, 6) is -1.19. The van der Waals surface area contributed by atoms with Crippen molar-refractivity contribution in [3.05, 3.63) is 34.9 Å². The summed E-state index contributed by atoms with van der Waals surface area (Å²) >= 11 is 0. The van der Waals surface area contributed by atoms with Gasteiger partial charge in [0.15, 0.2) is 5.78 Å². The Morgan fingerprint density at radius 2 is 1.72 bits per heavy atom. The predicted octanol–water partition coefficient (Wildman–Crippen LogP) is 2.78. The molecule has 0 bridgehead atoms. The van der Waals surface area contributed by atoms with Gasteiger partial charge in [0.25, 0.3) is 11.8 Å². The van der Waals surface area contributed by atoms with Gasteiger partial charge in [-0.1, -0.05) is 31.9 Å². The Labute approximate surface area is 188 Å². The molecule has 0 aromatic carbocycles. The van der Waals surface area contributed by atoms with E-state index in [0.29, 0.717) is 31.4 Å². The largest absolute Gasteiger partial charge is 0.457 e. The van der Waals surface area contributed by atoms with E-state index >= 15 is 0 Å². The van der Waals surface area contributed by atoms with Crippen molar-refractivity contribution in [2.45, 2.75) is 77.9 Å². The number of ether oxygens (including phenoxy) is 1.